The first-order chi connectivity index (χ1) is 11.1. The van der Waals surface area contributed by atoms with Gasteiger partial charge in [0, 0.05) is 18.0 Å². The van der Waals surface area contributed by atoms with E-state index < -0.39 is 0 Å². The summed E-state index contributed by atoms with van der Waals surface area (Å²) in [5.74, 6) is 0.457. The van der Waals surface area contributed by atoms with Crippen LogP contribution < -0.4 is 10.6 Å². The van der Waals surface area contributed by atoms with Crippen molar-refractivity contribution in [2.24, 2.45) is 11.8 Å². The normalized spacial score (nSPS) is 23.3. The molecular formula is C18H23ClN2O2. The summed E-state index contributed by atoms with van der Waals surface area (Å²) in [5, 5.41) is 6.74. The number of piperidine rings is 1. The second-order valence-electron chi connectivity index (χ2n) is 6.62. The molecule has 1 saturated carbocycles. The van der Waals surface area contributed by atoms with E-state index in [4.69, 9.17) is 11.6 Å². The molecule has 0 spiro atoms. The van der Waals surface area contributed by atoms with Crippen LogP contribution in [0.15, 0.2) is 24.3 Å². The lowest BCUT2D eigenvalue weighted by Crippen LogP contribution is -2.44. The van der Waals surface area contributed by atoms with Gasteiger partial charge in [0.1, 0.15) is 0 Å². The van der Waals surface area contributed by atoms with E-state index in [9.17, 15) is 9.59 Å². The molecule has 1 heterocycles. The van der Waals surface area contributed by atoms with Crippen LogP contribution in [0.3, 0.4) is 0 Å². The molecule has 2 atom stereocenters. The van der Waals surface area contributed by atoms with Crippen LogP contribution in [0.1, 0.15) is 50.1 Å². The van der Waals surface area contributed by atoms with Crippen molar-refractivity contribution in [2.45, 2.75) is 44.6 Å². The van der Waals surface area contributed by atoms with Crippen molar-refractivity contribution in [3.63, 3.8) is 0 Å². The molecule has 1 aromatic rings. The molecule has 1 saturated heterocycles. The molecule has 23 heavy (non-hydrogen) atoms. The molecule has 3 rings (SSSR count). The van der Waals surface area contributed by atoms with E-state index >= 15 is 0 Å². The predicted octanol–water partition coefficient (Wildman–Crippen LogP) is 3.21. The summed E-state index contributed by atoms with van der Waals surface area (Å²) < 4.78 is 0. The molecule has 5 heteroatoms. The van der Waals surface area contributed by atoms with Gasteiger partial charge >= 0.3 is 0 Å². The number of hydrogen-bond donors (Lipinski definition) is 2. The highest BCUT2D eigenvalue weighted by atomic mass is 35.5. The van der Waals surface area contributed by atoms with Crippen LogP contribution in [-0.4, -0.2) is 18.4 Å². The van der Waals surface area contributed by atoms with E-state index in [1.807, 2.05) is 24.3 Å². The van der Waals surface area contributed by atoms with E-state index in [0.717, 1.165) is 18.4 Å². The molecule has 0 radical (unpaired) electrons. The van der Waals surface area contributed by atoms with E-state index in [1.54, 1.807) is 0 Å². The zero-order valence-electron chi connectivity index (χ0n) is 13.2. The number of benzene rings is 1. The Labute approximate surface area is 142 Å². The second-order valence-corrected chi connectivity index (χ2v) is 7.06. The maximum Gasteiger partial charge on any atom is 0.225 e. The quantitative estimate of drug-likeness (QED) is 0.888. The number of rotatable bonds is 4. The first-order valence-corrected chi connectivity index (χ1v) is 8.84. The minimum Gasteiger partial charge on any atom is -0.355 e. The molecule has 2 amide bonds. The van der Waals surface area contributed by atoms with Gasteiger partial charge in [0.25, 0.3) is 0 Å². The molecule has 2 aliphatic rings. The smallest absolute Gasteiger partial charge is 0.225 e. The number of amides is 2. The third-order valence-corrected chi connectivity index (χ3v) is 5.29. The van der Waals surface area contributed by atoms with Crippen LogP contribution in [0.5, 0.6) is 0 Å². The Morgan fingerprint density at radius 3 is 2.48 bits per heavy atom. The fourth-order valence-electron chi connectivity index (χ4n) is 3.66. The molecule has 2 fully saturated rings. The van der Waals surface area contributed by atoms with E-state index in [2.05, 4.69) is 10.6 Å². The highest BCUT2D eigenvalue weighted by Gasteiger charge is 2.31. The van der Waals surface area contributed by atoms with Gasteiger partial charge in [-0.3, -0.25) is 9.59 Å². The molecule has 1 aliphatic carbocycles. The fraction of sp³-hybridized carbons (Fsp3) is 0.556. The third kappa shape index (κ3) is 4.05. The molecular weight excluding hydrogens is 312 g/mol. The molecule has 0 aromatic heterocycles. The monoisotopic (exact) mass is 334 g/mol. The highest BCUT2D eigenvalue weighted by molar-refractivity contribution is 6.30. The lowest BCUT2D eigenvalue weighted by molar-refractivity contribution is -0.129. The van der Waals surface area contributed by atoms with Gasteiger partial charge in [-0.05, 0) is 42.9 Å². The van der Waals surface area contributed by atoms with E-state index in [-0.39, 0.29) is 23.8 Å². The van der Waals surface area contributed by atoms with Gasteiger partial charge < -0.3 is 10.6 Å². The summed E-state index contributed by atoms with van der Waals surface area (Å²) >= 11 is 5.99. The van der Waals surface area contributed by atoms with Crippen molar-refractivity contribution in [2.75, 3.05) is 6.54 Å². The van der Waals surface area contributed by atoms with Crippen LogP contribution in [0, 0.1) is 11.8 Å². The van der Waals surface area contributed by atoms with Crippen LogP contribution in [-0.2, 0) is 9.59 Å². The topological polar surface area (TPSA) is 58.2 Å². The number of carbonyl (C=O) groups excluding carboxylic acids is 2. The predicted molar refractivity (Wildman–Crippen MR) is 90.0 cm³/mol. The zero-order valence-corrected chi connectivity index (χ0v) is 13.9. The largest absolute Gasteiger partial charge is 0.355 e. The van der Waals surface area contributed by atoms with Gasteiger partial charge in [0.2, 0.25) is 11.8 Å². The van der Waals surface area contributed by atoms with Crippen molar-refractivity contribution in [1.82, 2.24) is 10.6 Å². The molecule has 2 unspecified atom stereocenters. The summed E-state index contributed by atoms with van der Waals surface area (Å²) in [5.41, 5.74) is 1.12. The first-order valence-electron chi connectivity index (χ1n) is 8.46. The average molecular weight is 335 g/mol. The first kappa shape index (κ1) is 16.3. The average Bonchev–Trinajstić information content (AvgIpc) is 3.08. The third-order valence-electron chi connectivity index (χ3n) is 5.03. The molecule has 0 bridgehead atoms. The molecule has 1 aliphatic heterocycles. The van der Waals surface area contributed by atoms with Crippen molar-refractivity contribution in [3.8, 4) is 0 Å². The number of halogens is 1. The Kier molecular flexibility index (Phi) is 5.21. The van der Waals surface area contributed by atoms with E-state index in [0.29, 0.717) is 30.3 Å². The van der Waals surface area contributed by atoms with Gasteiger partial charge in [0.05, 0.1) is 12.0 Å². The van der Waals surface area contributed by atoms with Gasteiger partial charge in [-0.25, -0.2) is 0 Å². The van der Waals surface area contributed by atoms with Crippen molar-refractivity contribution in [1.29, 1.82) is 0 Å². The second kappa shape index (κ2) is 7.35. The fourth-order valence-corrected chi connectivity index (χ4v) is 3.79. The maximum absolute atomic E-state index is 12.6. The minimum absolute atomic E-state index is 0.0408. The molecule has 4 nitrogen and oxygen atoms in total. The van der Waals surface area contributed by atoms with Crippen LogP contribution >= 0.6 is 11.6 Å². The molecule has 2 N–H and O–H groups in total. The van der Waals surface area contributed by atoms with Gasteiger partial charge in [-0.2, -0.15) is 0 Å². The van der Waals surface area contributed by atoms with Crippen LogP contribution in [0.2, 0.25) is 5.02 Å². The van der Waals surface area contributed by atoms with Crippen molar-refractivity contribution < 1.29 is 9.59 Å². The number of nitrogens with one attached hydrogen (secondary N) is 2. The van der Waals surface area contributed by atoms with Gasteiger partial charge in [0.15, 0.2) is 0 Å². The number of carbonyl (C=O) groups is 2. The van der Waals surface area contributed by atoms with Crippen LogP contribution in [0.4, 0.5) is 0 Å². The van der Waals surface area contributed by atoms with Crippen LogP contribution in [0.25, 0.3) is 0 Å². The summed E-state index contributed by atoms with van der Waals surface area (Å²) in [6.07, 6.45) is 5.82. The Balaban J connectivity index is 1.71. The van der Waals surface area contributed by atoms with Crippen molar-refractivity contribution in [3.05, 3.63) is 34.9 Å². The Morgan fingerprint density at radius 2 is 1.87 bits per heavy atom. The van der Waals surface area contributed by atoms with Crippen molar-refractivity contribution >= 4 is 23.4 Å². The number of hydrogen-bond acceptors (Lipinski definition) is 2. The Hall–Kier alpha value is -1.55. The summed E-state index contributed by atoms with van der Waals surface area (Å²) in [7, 11) is 0. The molecule has 1 aromatic carbocycles. The lowest BCUT2D eigenvalue weighted by Gasteiger charge is -2.29. The lowest BCUT2D eigenvalue weighted by atomic mass is 9.90. The highest BCUT2D eigenvalue weighted by Crippen LogP contribution is 2.36. The summed E-state index contributed by atoms with van der Waals surface area (Å²) in [6.45, 7) is 0.447. The van der Waals surface area contributed by atoms with Gasteiger partial charge in [-0.1, -0.05) is 36.6 Å². The molecule has 124 valence electrons. The summed E-state index contributed by atoms with van der Waals surface area (Å²) in [4.78, 5) is 23.9. The minimum atomic E-state index is -0.121. The zero-order chi connectivity index (χ0) is 16.2. The Bertz CT molecular complexity index is 557. The van der Waals surface area contributed by atoms with E-state index in [1.165, 1.54) is 12.8 Å². The standard InChI is InChI=1S/C18H23ClN2O2/c19-15-8-5-13(6-9-15)17(12-3-1-2-4-12)21-18(23)14-7-10-16(22)20-11-14/h5-6,8-9,12,14,17H,1-4,7,10-11H2,(H,20,22)(H,21,23). The van der Waals surface area contributed by atoms with Gasteiger partial charge in [-0.15, -0.1) is 0 Å². The Morgan fingerprint density at radius 1 is 1.17 bits per heavy atom. The summed E-state index contributed by atoms with van der Waals surface area (Å²) in [6, 6.07) is 7.82. The maximum atomic E-state index is 12.6. The SMILES string of the molecule is O=C1CCC(C(=O)NC(c2ccc(Cl)cc2)C2CCCC2)CN1.